The Morgan fingerprint density at radius 1 is 1.07 bits per heavy atom. The molecule has 2 fully saturated rings. The number of piperazine rings is 1. The van der Waals surface area contributed by atoms with Crippen molar-refractivity contribution in [2.45, 2.75) is 31.5 Å². The molecule has 2 aliphatic rings. The van der Waals surface area contributed by atoms with Crippen molar-refractivity contribution in [3.05, 3.63) is 90.5 Å². The van der Waals surface area contributed by atoms with Gasteiger partial charge in [-0.05, 0) is 37.6 Å². The zero-order valence-corrected chi connectivity index (χ0v) is 24.3. The van der Waals surface area contributed by atoms with Crippen LogP contribution in [0, 0.1) is 5.82 Å². The monoisotopic (exact) mass is 585 g/mol. The van der Waals surface area contributed by atoms with Gasteiger partial charge in [0, 0.05) is 73.9 Å². The molecule has 5 heterocycles. The van der Waals surface area contributed by atoms with Gasteiger partial charge in [0.15, 0.2) is 0 Å². The Bertz CT molecular complexity index is 1600. The summed E-state index contributed by atoms with van der Waals surface area (Å²) < 4.78 is 22.4. The first-order chi connectivity index (χ1) is 20.7. The molecule has 4 aromatic rings. The van der Waals surface area contributed by atoms with Crippen LogP contribution in [0.3, 0.4) is 0 Å². The van der Waals surface area contributed by atoms with Gasteiger partial charge >= 0.3 is 0 Å². The third kappa shape index (κ3) is 5.68. The van der Waals surface area contributed by atoms with E-state index in [-0.39, 0.29) is 11.9 Å². The number of aromatic nitrogens is 5. The number of anilines is 1. The van der Waals surface area contributed by atoms with E-state index in [1.807, 2.05) is 30.9 Å². The Morgan fingerprint density at radius 2 is 1.79 bits per heavy atom. The van der Waals surface area contributed by atoms with Gasteiger partial charge in [-0.15, -0.1) is 0 Å². The second-order valence-electron chi connectivity index (χ2n) is 11.1. The molecule has 6 rings (SSSR count). The van der Waals surface area contributed by atoms with Crippen molar-refractivity contribution in [1.29, 1.82) is 0 Å². The van der Waals surface area contributed by atoms with Crippen molar-refractivity contribution >= 4 is 17.9 Å². The van der Waals surface area contributed by atoms with Crippen LogP contribution in [0.25, 0.3) is 16.8 Å². The number of nitrogens with two attached hydrogens (primary N) is 1. The lowest BCUT2D eigenvalue weighted by molar-refractivity contribution is 0.118. The molecule has 2 aliphatic heterocycles. The fourth-order valence-electron chi connectivity index (χ4n) is 5.55. The average Bonchev–Trinajstić information content (AvgIpc) is 3.77. The number of aliphatic hydroxyl groups is 1. The molecule has 43 heavy (non-hydrogen) atoms. The van der Waals surface area contributed by atoms with E-state index in [1.165, 1.54) is 12.1 Å². The predicted octanol–water partition coefficient (Wildman–Crippen LogP) is 3.08. The Morgan fingerprint density at radius 3 is 2.44 bits per heavy atom. The van der Waals surface area contributed by atoms with Gasteiger partial charge in [0.05, 0.1) is 36.3 Å². The Hall–Kier alpha value is -4.39. The van der Waals surface area contributed by atoms with Crippen LogP contribution in [-0.2, 0) is 10.3 Å². The molecule has 0 saturated carbocycles. The lowest BCUT2D eigenvalue weighted by Crippen LogP contribution is -2.46. The normalized spacial score (nSPS) is 20.6. The first kappa shape index (κ1) is 28.7. The van der Waals surface area contributed by atoms with Gasteiger partial charge in [-0.3, -0.25) is 4.68 Å². The highest BCUT2D eigenvalue weighted by molar-refractivity contribution is 5.70. The zero-order valence-electron chi connectivity index (χ0n) is 24.3. The zero-order chi connectivity index (χ0) is 30.1. The van der Waals surface area contributed by atoms with Gasteiger partial charge in [-0.1, -0.05) is 18.7 Å². The largest absolute Gasteiger partial charge is 0.388 e. The van der Waals surface area contributed by atoms with Crippen molar-refractivity contribution in [2.75, 3.05) is 44.3 Å². The van der Waals surface area contributed by atoms with Crippen molar-refractivity contribution in [3.63, 3.8) is 0 Å². The van der Waals surface area contributed by atoms with Gasteiger partial charge < -0.3 is 25.4 Å². The summed E-state index contributed by atoms with van der Waals surface area (Å²) in [6.07, 6.45) is 10.4. The number of nitrogens with zero attached hydrogens (tertiary/aromatic N) is 8. The second-order valence-corrected chi connectivity index (χ2v) is 11.1. The molecule has 1 aromatic carbocycles. The molecule has 3 N–H and O–H groups in total. The van der Waals surface area contributed by atoms with E-state index in [4.69, 9.17) is 10.5 Å². The smallest absolute Gasteiger partial charge is 0.225 e. The van der Waals surface area contributed by atoms with Crippen LogP contribution < -0.4 is 10.6 Å². The summed E-state index contributed by atoms with van der Waals surface area (Å²) in [4.78, 5) is 13.6. The first-order valence-electron chi connectivity index (χ1n) is 14.3. The summed E-state index contributed by atoms with van der Waals surface area (Å²) >= 11 is 0. The molecule has 2 saturated heterocycles. The van der Waals surface area contributed by atoms with Gasteiger partial charge in [-0.25, -0.2) is 19.0 Å². The minimum absolute atomic E-state index is 0.190. The first-order valence-corrected chi connectivity index (χ1v) is 14.3. The van der Waals surface area contributed by atoms with Crippen molar-refractivity contribution in [1.82, 2.24) is 29.3 Å². The van der Waals surface area contributed by atoms with Gasteiger partial charge in [-0.2, -0.15) is 10.2 Å². The topological polar surface area (TPSA) is 123 Å². The lowest BCUT2D eigenvalue weighted by Gasteiger charge is -2.37. The molecular formula is C31H36FN9O2. The van der Waals surface area contributed by atoms with E-state index in [9.17, 15) is 9.50 Å². The van der Waals surface area contributed by atoms with E-state index in [2.05, 4.69) is 42.6 Å². The molecule has 3 aromatic heterocycles. The summed E-state index contributed by atoms with van der Waals surface area (Å²) in [5.41, 5.74) is 10.9. The van der Waals surface area contributed by atoms with Crippen LogP contribution in [0.5, 0.6) is 0 Å². The van der Waals surface area contributed by atoms with Crippen molar-refractivity contribution in [3.8, 4) is 11.1 Å². The summed E-state index contributed by atoms with van der Waals surface area (Å²) in [7, 11) is 0. The highest BCUT2D eigenvalue weighted by Gasteiger charge is 2.29. The fourth-order valence-corrected chi connectivity index (χ4v) is 5.55. The number of rotatable bonds is 8. The van der Waals surface area contributed by atoms with E-state index in [1.54, 1.807) is 41.6 Å². The van der Waals surface area contributed by atoms with E-state index in [0.717, 1.165) is 59.8 Å². The molecule has 0 bridgehead atoms. The minimum Gasteiger partial charge on any atom is -0.388 e. The maximum atomic E-state index is 13.4. The number of benzene rings is 1. The Labute approximate surface area is 249 Å². The van der Waals surface area contributed by atoms with Crippen LogP contribution >= 0.6 is 0 Å². The third-order valence-electron chi connectivity index (χ3n) is 8.26. The molecule has 11 nitrogen and oxygen atoms in total. The van der Waals surface area contributed by atoms with E-state index in [0.29, 0.717) is 19.2 Å². The minimum atomic E-state index is -0.845. The molecule has 12 heteroatoms. The number of hydrogen-bond donors (Lipinski definition) is 2. The lowest BCUT2D eigenvalue weighted by atomic mass is 9.87. The van der Waals surface area contributed by atoms with Crippen molar-refractivity contribution in [2.24, 2.45) is 10.8 Å². The second kappa shape index (κ2) is 11.7. The summed E-state index contributed by atoms with van der Waals surface area (Å²) in [6, 6.07) is 8.06. The summed E-state index contributed by atoms with van der Waals surface area (Å²) in [5.74, 6) is 0.337. The SMILES string of the molecule is C=C(c1cc(-c2cnn([C@@H]3COC[C@@H]3O)c2)cn1/N=C\C)N1CCN(c2ncc(C(C)(N)c3ccc(F)cc3)cn2)CC1. The quantitative estimate of drug-likeness (QED) is 0.303. The van der Waals surface area contributed by atoms with Gasteiger partial charge in [0.1, 0.15) is 18.0 Å². The van der Waals surface area contributed by atoms with Crippen LogP contribution in [0.4, 0.5) is 10.3 Å². The van der Waals surface area contributed by atoms with Crippen LogP contribution in [-0.4, -0.2) is 86.1 Å². The maximum Gasteiger partial charge on any atom is 0.225 e. The molecular weight excluding hydrogens is 549 g/mol. The van der Waals surface area contributed by atoms with Gasteiger partial charge in [0.2, 0.25) is 5.95 Å². The van der Waals surface area contributed by atoms with Crippen LogP contribution in [0.1, 0.15) is 36.7 Å². The molecule has 224 valence electrons. The predicted molar refractivity (Wildman–Crippen MR) is 163 cm³/mol. The number of halogens is 1. The number of hydrogen-bond acceptors (Lipinski definition) is 9. The summed E-state index contributed by atoms with van der Waals surface area (Å²) in [6.45, 7) is 11.8. The highest BCUT2D eigenvalue weighted by Crippen LogP contribution is 2.30. The Kier molecular flexibility index (Phi) is 7.82. The van der Waals surface area contributed by atoms with Crippen LogP contribution in [0.15, 0.2) is 73.0 Å². The number of ether oxygens (including phenoxy) is 1. The third-order valence-corrected chi connectivity index (χ3v) is 8.26. The maximum absolute atomic E-state index is 13.4. The Balaban J connectivity index is 1.12. The molecule has 0 spiro atoms. The molecule has 0 amide bonds. The molecule has 3 atom stereocenters. The summed E-state index contributed by atoms with van der Waals surface area (Å²) in [5, 5.41) is 19.2. The molecule has 0 radical (unpaired) electrons. The number of aliphatic hydroxyl groups excluding tert-OH is 1. The molecule has 0 aliphatic carbocycles. The van der Waals surface area contributed by atoms with Crippen molar-refractivity contribution < 1.29 is 14.2 Å². The van der Waals surface area contributed by atoms with Gasteiger partial charge in [0.25, 0.3) is 0 Å². The highest BCUT2D eigenvalue weighted by atomic mass is 19.1. The van der Waals surface area contributed by atoms with E-state index < -0.39 is 11.6 Å². The average molecular weight is 586 g/mol. The van der Waals surface area contributed by atoms with E-state index >= 15 is 0 Å². The van der Waals surface area contributed by atoms with Crippen LogP contribution in [0.2, 0.25) is 0 Å². The fraction of sp³-hybridized carbons (Fsp3) is 0.355. The standard InChI is InChI=1S/C31H36FN9O2/c1-4-36-40-17-22(23-14-37-41(18-23)28-19-43-20-29(28)42)13-27(40)21(2)38-9-11-39(12-10-38)30-34-15-25(16-35-30)31(3,33)24-5-7-26(32)8-6-24/h4-8,13-18,28-29,42H,2,9-12,19-20,33H2,1,3H3/b36-4-/t28-,29+,31?/m1/s1. The molecule has 1 unspecified atom stereocenters.